The lowest BCUT2D eigenvalue weighted by molar-refractivity contribution is -0.483. The highest BCUT2D eigenvalue weighted by atomic mass is 32.2. The first-order chi connectivity index (χ1) is 11.7. The number of benzene rings is 1. The lowest BCUT2D eigenvalue weighted by Crippen LogP contribution is -2.43. The molecule has 1 aliphatic rings. The summed E-state index contributed by atoms with van der Waals surface area (Å²) in [6.07, 6.45) is -3.65. The van der Waals surface area contributed by atoms with Crippen LogP contribution in [-0.4, -0.2) is 44.1 Å². The molecule has 138 valence electrons. The number of nitro groups is 1. The molecule has 0 N–H and O–H groups in total. The van der Waals surface area contributed by atoms with E-state index in [1.165, 1.54) is 23.5 Å². The van der Waals surface area contributed by atoms with Crippen molar-refractivity contribution in [3.63, 3.8) is 0 Å². The molecule has 0 bridgehead atoms. The zero-order valence-electron chi connectivity index (χ0n) is 13.0. The molecule has 25 heavy (non-hydrogen) atoms. The van der Waals surface area contributed by atoms with Gasteiger partial charge in [-0.15, -0.1) is 23.5 Å². The van der Waals surface area contributed by atoms with Crippen LogP contribution in [-0.2, 0) is 4.79 Å². The minimum Gasteiger partial charge on any atom is -0.285 e. The van der Waals surface area contributed by atoms with E-state index in [9.17, 15) is 28.1 Å². The molecule has 1 aromatic carbocycles. The van der Waals surface area contributed by atoms with Gasteiger partial charge in [-0.1, -0.05) is 42.1 Å². The Bertz CT molecular complexity index is 607. The van der Waals surface area contributed by atoms with Gasteiger partial charge in [0, 0.05) is 4.92 Å². The fraction of sp³-hybridized carbons (Fsp3) is 0.533. The molecule has 1 heterocycles. The van der Waals surface area contributed by atoms with Gasteiger partial charge in [0.05, 0.1) is 11.7 Å². The Balaban J connectivity index is 2.37. The Labute approximate surface area is 155 Å². The van der Waals surface area contributed by atoms with Crippen LogP contribution >= 0.6 is 35.3 Å². The third-order valence-electron chi connectivity index (χ3n) is 3.57. The molecule has 1 saturated heterocycles. The third-order valence-corrected chi connectivity index (χ3v) is 8.37. The van der Waals surface area contributed by atoms with Crippen LogP contribution in [0.2, 0.25) is 0 Å². The van der Waals surface area contributed by atoms with E-state index in [2.05, 4.69) is 0 Å². The molecule has 0 spiro atoms. The lowest BCUT2D eigenvalue weighted by atomic mass is 9.95. The number of rotatable bonds is 6. The number of nitrogens with zero attached hydrogens (tertiary/aromatic N) is 1. The van der Waals surface area contributed by atoms with Crippen LogP contribution < -0.4 is 0 Å². The molecular weight excluding hydrogens is 395 g/mol. The Hall–Kier alpha value is -0.870. The number of carbonyl (C=O) groups excluding carboxylic acids is 1. The van der Waals surface area contributed by atoms with Crippen LogP contribution in [0.25, 0.3) is 0 Å². The van der Waals surface area contributed by atoms with E-state index < -0.39 is 38.5 Å². The molecular formula is C15H16F3NO3S3. The number of halogens is 3. The van der Waals surface area contributed by atoms with Crippen LogP contribution in [0.3, 0.4) is 0 Å². The average molecular weight is 411 g/mol. The maximum atomic E-state index is 12.8. The zero-order valence-corrected chi connectivity index (χ0v) is 15.5. The Morgan fingerprint density at radius 3 is 2.40 bits per heavy atom. The number of thioether (sulfide) groups is 3. The number of alkyl halides is 3. The van der Waals surface area contributed by atoms with E-state index in [0.29, 0.717) is 17.1 Å². The zero-order chi connectivity index (χ0) is 18.5. The number of hydrogen-bond acceptors (Lipinski definition) is 6. The monoisotopic (exact) mass is 411 g/mol. The number of carbonyl (C=O) groups is 1. The maximum absolute atomic E-state index is 12.8. The van der Waals surface area contributed by atoms with Crippen LogP contribution in [0.4, 0.5) is 13.2 Å². The average Bonchev–Trinajstić information content (AvgIpc) is 2.58. The van der Waals surface area contributed by atoms with Crippen molar-refractivity contribution in [1.82, 2.24) is 0 Å². The van der Waals surface area contributed by atoms with Crippen molar-refractivity contribution >= 4 is 40.4 Å². The second kappa shape index (κ2) is 8.68. The summed E-state index contributed by atoms with van der Waals surface area (Å²) in [6, 6.07) is 8.55. The molecule has 1 atom stereocenters. The van der Waals surface area contributed by atoms with E-state index in [1.807, 2.05) is 0 Å². The van der Waals surface area contributed by atoms with Gasteiger partial charge in [-0.2, -0.15) is 13.2 Å². The Morgan fingerprint density at radius 1 is 1.28 bits per heavy atom. The summed E-state index contributed by atoms with van der Waals surface area (Å²) in [5.41, 5.74) is 0.599. The van der Waals surface area contributed by atoms with Crippen molar-refractivity contribution in [3.8, 4) is 0 Å². The molecule has 0 aliphatic carbocycles. The fourth-order valence-electron chi connectivity index (χ4n) is 2.54. The van der Waals surface area contributed by atoms with E-state index in [0.717, 1.165) is 6.42 Å². The van der Waals surface area contributed by atoms with E-state index >= 15 is 0 Å². The van der Waals surface area contributed by atoms with E-state index in [-0.39, 0.29) is 11.8 Å². The first-order valence-electron chi connectivity index (χ1n) is 7.43. The molecule has 0 aromatic heterocycles. The first-order valence-corrected chi connectivity index (χ1v) is 10.4. The highest BCUT2D eigenvalue weighted by molar-refractivity contribution is 8.25. The van der Waals surface area contributed by atoms with Gasteiger partial charge in [0.2, 0.25) is 11.7 Å². The Morgan fingerprint density at radius 2 is 1.88 bits per heavy atom. The highest BCUT2D eigenvalue weighted by Gasteiger charge is 2.51. The summed E-state index contributed by atoms with van der Waals surface area (Å²) < 4.78 is 36.4. The van der Waals surface area contributed by atoms with Crippen LogP contribution in [0.15, 0.2) is 30.3 Å². The van der Waals surface area contributed by atoms with Crippen LogP contribution in [0.1, 0.15) is 17.9 Å². The van der Waals surface area contributed by atoms with Crippen LogP contribution in [0.5, 0.6) is 0 Å². The standard InChI is InChI=1S/C15H16F3NO3S3/c16-14(17,18)10-23-13(20)15(24-7-4-8-25-15)12(9-19(21)22)11-5-2-1-3-6-11/h1-3,5-6,12H,4,7-10H2/t12-/m1/s1. The summed E-state index contributed by atoms with van der Waals surface area (Å²) >= 11 is 2.68. The molecule has 0 saturated carbocycles. The summed E-state index contributed by atoms with van der Waals surface area (Å²) in [7, 11) is 0. The Kier molecular flexibility index (Phi) is 7.10. The second-order valence-corrected chi connectivity index (χ2v) is 9.28. The smallest absolute Gasteiger partial charge is 0.285 e. The minimum atomic E-state index is -4.46. The van der Waals surface area contributed by atoms with Gasteiger partial charge in [-0.25, -0.2) is 0 Å². The predicted octanol–water partition coefficient (Wildman–Crippen LogP) is 4.44. The quantitative estimate of drug-likeness (QED) is 0.510. The molecule has 0 radical (unpaired) electrons. The molecule has 0 amide bonds. The summed E-state index contributed by atoms with van der Waals surface area (Å²) in [5.74, 6) is -0.889. The van der Waals surface area contributed by atoms with Gasteiger partial charge in [0.15, 0.2) is 0 Å². The van der Waals surface area contributed by atoms with Crippen molar-refractivity contribution in [2.45, 2.75) is 22.6 Å². The van der Waals surface area contributed by atoms with Crippen molar-refractivity contribution in [3.05, 3.63) is 46.0 Å². The van der Waals surface area contributed by atoms with Gasteiger partial charge >= 0.3 is 6.18 Å². The van der Waals surface area contributed by atoms with Crippen molar-refractivity contribution < 1.29 is 22.9 Å². The van der Waals surface area contributed by atoms with Gasteiger partial charge in [0.25, 0.3) is 0 Å². The molecule has 1 aliphatic heterocycles. The maximum Gasteiger partial charge on any atom is 0.398 e. The van der Waals surface area contributed by atoms with Crippen molar-refractivity contribution in [1.29, 1.82) is 0 Å². The highest BCUT2D eigenvalue weighted by Crippen LogP contribution is 2.54. The molecule has 1 aromatic rings. The van der Waals surface area contributed by atoms with Gasteiger partial charge in [0.1, 0.15) is 4.08 Å². The minimum absolute atomic E-state index is 0.211. The molecule has 0 unspecified atom stereocenters. The van der Waals surface area contributed by atoms with Crippen molar-refractivity contribution in [2.24, 2.45) is 0 Å². The summed E-state index contributed by atoms with van der Waals surface area (Å²) in [6.45, 7) is -0.498. The normalized spacial score (nSPS) is 18.5. The largest absolute Gasteiger partial charge is 0.398 e. The third kappa shape index (κ3) is 5.55. The molecule has 1 fully saturated rings. The topological polar surface area (TPSA) is 60.2 Å². The first kappa shape index (κ1) is 20.4. The molecule has 10 heteroatoms. The second-order valence-electron chi connectivity index (χ2n) is 5.39. The van der Waals surface area contributed by atoms with E-state index in [1.54, 1.807) is 30.3 Å². The summed E-state index contributed by atoms with van der Waals surface area (Å²) in [5, 5.41) is 10.6. The van der Waals surface area contributed by atoms with Crippen LogP contribution in [0, 0.1) is 10.1 Å². The SMILES string of the molecule is O=C(SCC(F)(F)F)C1([C@H](C[N+](=O)[O-])c2ccccc2)SCCCS1. The summed E-state index contributed by atoms with van der Waals surface area (Å²) in [4.78, 5) is 23.5. The number of hydrogen-bond donors (Lipinski definition) is 0. The van der Waals surface area contributed by atoms with Gasteiger partial charge < -0.3 is 0 Å². The van der Waals surface area contributed by atoms with Crippen molar-refractivity contribution in [2.75, 3.05) is 23.8 Å². The van der Waals surface area contributed by atoms with Gasteiger partial charge in [-0.3, -0.25) is 14.9 Å². The fourth-order valence-corrected chi connectivity index (χ4v) is 7.14. The lowest BCUT2D eigenvalue weighted by Gasteiger charge is -2.39. The van der Waals surface area contributed by atoms with Gasteiger partial charge in [-0.05, 0) is 23.5 Å². The predicted molar refractivity (Wildman–Crippen MR) is 96.8 cm³/mol. The molecule has 4 nitrogen and oxygen atoms in total. The molecule has 2 rings (SSSR count). The van der Waals surface area contributed by atoms with E-state index in [4.69, 9.17) is 0 Å².